The van der Waals surface area contributed by atoms with Crippen molar-refractivity contribution in [3.05, 3.63) is 89.5 Å². The number of fused-ring (bicyclic) bond motifs is 1. The van der Waals surface area contributed by atoms with Gasteiger partial charge in [-0.15, -0.1) is 0 Å². The van der Waals surface area contributed by atoms with Crippen molar-refractivity contribution >= 4 is 23.0 Å². The van der Waals surface area contributed by atoms with Crippen LogP contribution in [-0.4, -0.2) is 27.1 Å². The molecule has 4 aromatic rings. The second kappa shape index (κ2) is 8.57. The summed E-state index contributed by atoms with van der Waals surface area (Å²) in [7, 11) is 0. The van der Waals surface area contributed by atoms with E-state index in [0.29, 0.717) is 35.5 Å². The molecule has 1 fully saturated rings. The van der Waals surface area contributed by atoms with Crippen LogP contribution in [0.3, 0.4) is 0 Å². The van der Waals surface area contributed by atoms with E-state index < -0.39 is 23.5 Å². The first-order chi connectivity index (χ1) is 16.0. The summed E-state index contributed by atoms with van der Waals surface area (Å²) >= 11 is 0. The van der Waals surface area contributed by atoms with E-state index in [1.807, 2.05) is 4.90 Å². The van der Waals surface area contributed by atoms with E-state index in [2.05, 4.69) is 15.3 Å². The zero-order valence-electron chi connectivity index (χ0n) is 17.5. The Balaban J connectivity index is 1.42. The number of nitrogens with one attached hydrogen (secondary N) is 1. The van der Waals surface area contributed by atoms with Crippen molar-refractivity contribution in [1.82, 2.24) is 19.9 Å². The number of halogens is 3. The standard InChI is InChI=1S/C24H20F3N5O/c25-16-7-8-19(27)17(12-16)21-6-3-11-31(21)22-10-9-20-23(30-22)32(14-29-20)24(33)28-13-15-4-1-2-5-18(15)26/h1-2,4-5,7-10,12,14,21H,3,6,11,13H2,(H,28,33). The number of imidazole rings is 1. The number of pyridine rings is 1. The molecule has 0 saturated carbocycles. The van der Waals surface area contributed by atoms with E-state index >= 15 is 0 Å². The molecule has 0 radical (unpaired) electrons. The normalized spacial score (nSPS) is 15.8. The molecule has 1 unspecified atom stereocenters. The molecule has 0 spiro atoms. The minimum absolute atomic E-state index is 0.0118. The Morgan fingerprint density at radius 3 is 2.76 bits per heavy atom. The zero-order valence-corrected chi connectivity index (χ0v) is 17.5. The molecule has 1 atom stereocenters. The van der Waals surface area contributed by atoms with Crippen LogP contribution in [0.1, 0.15) is 30.0 Å². The third-order valence-electron chi connectivity index (χ3n) is 5.85. The van der Waals surface area contributed by atoms with Crippen LogP contribution in [0.5, 0.6) is 0 Å². The van der Waals surface area contributed by atoms with Gasteiger partial charge in [0.15, 0.2) is 5.65 Å². The summed E-state index contributed by atoms with van der Waals surface area (Å²) in [5.41, 5.74) is 1.47. The first-order valence-electron chi connectivity index (χ1n) is 10.6. The number of benzene rings is 2. The lowest BCUT2D eigenvalue weighted by Gasteiger charge is -2.26. The molecule has 1 aliphatic heterocycles. The molecule has 9 heteroatoms. The van der Waals surface area contributed by atoms with Crippen LogP contribution in [0.2, 0.25) is 0 Å². The topological polar surface area (TPSA) is 63.1 Å². The number of anilines is 1. The highest BCUT2D eigenvalue weighted by atomic mass is 19.1. The smallest absolute Gasteiger partial charge is 0.328 e. The summed E-state index contributed by atoms with van der Waals surface area (Å²) in [4.78, 5) is 23.5. The van der Waals surface area contributed by atoms with Gasteiger partial charge in [-0.2, -0.15) is 0 Å². The average Bonchev–Trinajstić information content (AvgIpc) is 3.47. The van der Waals surface area contributed by atoms with Crippen LogP contribution >= 0.6 is 0 Å². The Morgan fingerprint density at radius 1 is 1.06 bits per heavy atom. The monoisotopic (exact) mass is 451 g/mol. The zero-order chi connectivity index (χ0) is 22.9. The van der Waals surface area contributed by atoms with Crippen LogP contribution in [0.15, 0.2) is 60.9 Å². The number of rotatable bonds is 4. The summed E-state index contributed by atoms with van der Waals surface area (Å²) in [5.74, 6) is -0.825. The number of hydrogen-bond acceptors (Lipinski definition) is 4. The SMILES string of the molecule is O=C(NCc1ccccc1F)n1cnc2ccc(N3CCCC3c3cc(F)ccc3F)nc21. The summed E-state index contributed by atoms with van der Waals surface area (Å²) in [6.07, 6.45) is 2.80. The van der Waals surface area contributed by atoms with E-state index in [4.69, 9.17) is 0 Å². The fourth-order valence-electron chi connectivity index (χ4n) is 4.22. The predicted molar refractivity (Wildman–Crippen MR) is 117 cm³/mol. The Morgan fingerprint density at radius 2 is 1.91 bits per heavy atom. The molecule has 6 nitrogen and oxygen atoms in total. The fourth-order valence-corrected chi connectivity index (χ4v) is 4.22. The van der Waals surface area contributed by atoms with E-state index in [0.717, 1.165) is 18.6 Å². The van der Waals surface area contributed by atoms with Gasteiger partial charge >= 0.3 is 6.03 Å². The first kappa shape index (κ1) is 21.0. The van der Waals surface area contributed by atoms with Gasteiger partial charge in [0.2, 0.25) is 0 Å². The molecule has 0 bridgehead atoms. The van der Waals surface area contributed by atoms with Crippen LogP contribution in [0, 0.1) is 17.5 Å². The van der Waals surface area contributed by atoms with Gasteiger partial charge in [-0.25, -0.2) is 32.5 Å². The third kappa shape index (κ3) is 4.02. The maximum Gasteiger partial charge on any atom is 0.328 e. The van der Waals surface area contributed by atoms with Gasteiger partial charge in [0.05, 0.1) is 6.04 Å². The summed E-state index contributed by atoms with van der Waals surface area (Å²) in [6, 6.07) is 12.3. The van der Waals surface area contributed by atoms with E-state index in [1.54, 1.807) is 30.3 Å². The van der Waals surface area contributed by atoms with E-state index in [-0.39, 0.29) is 18.2 Å². The Labute approximate surface area is 187 Å². The second-order valence-electron chi connectivity index (χ2n) is 7.89. The second-order valence-corrected chi connectivity index (χ2v) is 7.89. The Bertz CT molecular complexity index is 1340. The van der Waals surface area contributed by atoms with Crippen molar-refractivity contribution in [2.75, 3.05) is 11.4 Å². The first-order valence-corrected chi connectivity index (χ1v) is 10.6. The number of hydrogen-bond donors (Lipinski definition) is 1. The molecule has 1 aliphatic rings. The quantitative estimate of drug-likeness (QED) is 0.477. The molecule has 1 saturated heterocycles. The molecule has 168 valence electrons. The number of carbonyl (C=O) groups excluding carboxylic acids is 1. The van der Waals surface area contributed by atoms with Crippen molar-refractivity contribution in [3.8, 4) is 0 Å². The largest absolute Gasteiger partial charge is 0.349 e. The van der Waals surface area contributed by atoms with Crippen molar-refractivity contribution in [2.45, 2.75) is 25.4 Å². The van der Waals surface area contributed by atoms with Gasteiger partial charge in [0.1, 0.15) is 35.1 Å². The molecule has 2 aromatic heterocycles. The van der Waals surface area contributed by atoms with Crippen molar-refractivity contribution in [1.29, 1.82) is 0 Å². The summed E-state index contributed by atoms with van der Waals surface area (Å²) < 4.78 is 43.3. The van der Waals surface area contributed by atoms with Gasteiger partial charge in [0, 0.05) is 24.2 Å². The molecule has 33 heavy (non-hydrogen) atoms. The number of amides is 1. The van der Waals surface area contributed by atoms with Crippen LogP contribution in [-0.2, 0) is 6.54 Å². The number of carbonyl (C=O) groups is 1. The lowest BCUT2D eigenvalue weighted by molar-refractivity contribution is 0.242. The van der Waals surface area contributed by atoms with Gasteiger partial charge in [-0.05, 0) is 49.2 Å². The highest BCUT2D eigenvalue weighted by Crippen LogP contribution is 2.37. The van der Waals surface area contributed by atoms with Crippen LogP contribution in [0.4, 0.5) is 23.8 Å². The van der Waals surface area contributed by atoms with Crippen molar-refractivity contribution in [3.63, 3.8) is 0 Å². The Kier molecular flexibility index (Phi) is 5.45. The molecule has 3 heterocycles. The summed E-state index contributed by atoms with van der Waals surface area (Å²) in [6.45, 7) is 0.630. The molecule has 2 aromatic carbocycles. The highest BCUT2D eigenvalue weighted by molar-refractivity contribution is 5.87. The Hall–Kier alpha value is -3.88. The molecular weight excluding hydrogens is 431 g/mol. The molecular formula is C24H20F3N5O. The van der Waals surface area contributed by atoms with Crippen LogP contribution < -0.4 is 10.2 Å². The van der Waals surface area contributed by atoms with Crippen molar-refractivity contribution < 1.29 is 18.0 Å². The van der Waals surface area contributed by atoms with Gasteiger partial charge in [-0.3, -0.25) is 0 Å². The third-order valence-corrected chi connectivity index (χ3v) is 5.85. The van der Waals surface area contributed by atoms with E-state index in [1.165, 1.54) is 23.0 Å². The molecule has 0 aliphatic carbocycles. The number of nitrogens with zero attached hydrogens (tertiary/aromatic N) is 4. The van der Waals surface area contributed by atoms with Crippen LogP contribution in [0.25, 0.3) is 11.2 Å². The van der Waals surface area contributed by atoms with Gasteiger partial charge in [-0.1, -0.05) is 18.2 Å². The lowest BCUT2D eigenvalue weighted by Crippen LogP contribution is -2.28. The predicted octanol–water partition coefficient (Wildman–Crippen LogP) is 4.95. The maximum atomic E-state index is 14.4. The number of aromatic nitrogens is 3. The molecule has 1 N–H and O–H groups in total. The summed E-state index contributed by atoms with van der Waals surface area (Å²) in [5, 5.41) is 2.67. The lowest BCUT2D eigenvalue weighted by atomic mass is 10.0. The van der Waals surface area contributed by atoms with Gasteiger partial charge in [0.25, 0.3) is 0 Å². The fraction of sp³-hybridized carbons (Fsp3) is 0.208. The van der Waals surface area contributed by atoms with Crippen molar-refractivity contribution in [2.24, 2.45) is 0 Å². The van der Waals surface area contributed by atoms with Gasteiger partial charge < -0.3 is 10.2 Å². The highest BCUT2D eigenvalue weighted by Gasteiger charge is 2.30. The van der Waals surface area contributed by atoms with E-state index in [9.17, 15) is 18.0 Å². The molecule has 5 rings (SSSR count). The minimum Gasteiger partial charge on any atom is -0.349 e. The maximum absolute atomic E-state index is 14.4. The average molecular weight is 451 g/mol. The minimum atomic E-state index is -0.500. The molecule has 1 amide bonds.